The van der Waals surface area contributed by atoms with Crippen LogP contribution in [-0.4, -0.2) is 46.5 Å². The van der Waals surface area contributed by atoms with E-state index < -0.39 is 10.0 Å². The summed E-state index contributed by atoms with van der Waals surface area (Å²) >= 11 is 3.47. The molecular weight excluding hydrogens is 420 g/mol. The molecule has 0 aliphatic heterocycles. The number of nitrogens with zero attached hydrogens (tertiary/aromatic N) is 1. The van der Waals surface area contributed by atoms with Crippen LogP contribution < -0.4 is 4.72 Å². The molecule has 2 aromatic carbocycles. The summed E-state index contributed by atoms with van der Waals surface area (Å²) in [6, 6.07) is 13.6. The van der Waals surface area contributed by atoms with Crippen molar-refractivity contribution in [3.05, 3.63) is 64.1 Å². The van der Waals surface area contributed by atoms with E-state index in [1.165, 1.54) is 31.4 Å². The number of carbonyl (C=O) groups is 1. The molecule has 26 heavy (non-hydrogen) atoms. The summed E-state index contributed by atoms with van der Waals surface area (Å²) in [5, 5.41) is 0. The molecule has 0 spiro atoms. The SMILES string of the molecule is COCCNS(=O)(=O)c1ccc(C(=O)N(C)Cc2ccccc2Br)cc1. The minimum atomic E-state index is -3.61. The van der Waals surface area contributed by atoms with Crippen LogP contribution >= 0.6 is 15.9 Å². The molecule has 0 radical (unpaired) electrons. The Morgan fingerprint density at radius 2 is 1.81 bits per heavy atom. The van der Waals surface area contributed by atoms with Crippen molar-refractivity contribution in [2.45, 2.75) is 11.4 Å². The Hall–Kier alpha value is -1.74. The topological polar surface area (TPSA) is 75.7 Å². The van der Waals surface area contributed by atoms with Crippen molar-refractivity contribution in [3.63, 3.8) is 0 Å². The van der Waals surface area contributed by atoms with E-state index in [1.807, 2.05) is 24.3 Å². The van der Waals surface area contributed by atoms with E-state index in [0.717, 1.165) is 10.0 Å². The van der Waals surface area contributed by atoms with Gasteiger partial charge in [0, 0.05) is 37.3 Å². The highest BCUT2D eigenvalue weighted by Gasteiger charge is 2.16. The molecule has 0 bridgehead atoms. The first kappa shape index (κ1) is 20.6. The third-order valence-corrected chi connectivity index (χ3v) is 5.97. The second-order valence-corrected chi connectivity index (χ2v) is 8.29. The second kappa shape index (κ2) is 9.27. The molecule has 0 heterocycles. The predicted molar refractivity (Wildman–Crippen MR) is 103 cm³/mol. The van der Waals surface area contributed by atoms with Gasteiger partial charge in [-0.25, -0.2) is 13.1 Å². The second-order valence-electron chi connectivity index (χ2n) is 5.67. The van der Waals surface area contributed by atoms with Crippen molar-refractivity contribution in [2.24, 2.45) is 0 Å². The molecule has 1 N–H and O–H groups in total. The average molecular weight is 441 g/mol. The van der Waals surface area contributed by atoms with Gasteiger partial charge in [-0.1, -0.05) is 34.1 Å². The summed E-state index contributed by atoms with van der Waals surface area (Å²) < 4.78 is 32.5. The van der Waals surface area contributed by atoms with Crippen molar-refractivity contribution in [1.29, 1.82) is 0 Å². The van der Waals surface area contributed by atoms with Gasteiger partial charge in [0.15, 0.2) is 0 Å². The summed E-state index contributed by atoms with van der Waals surface area (Å²) in [5.41, 5.74) is 1.42. The largest absolute Gasteiger partial charge is 0.383 e. The maximum Gasteiger partial charge on any atom is 0.253 e. The van der Waals surface area contributed by atoms with Crippen molar-refractivity contribution < 1.29 is 17.9 Å². The molecule has 2 aromatic rings. The average Bonchev–Trinajstić information content (AvgIpc) is 2.63. The molecule has 0 atom stereocenters. The van der Waals surface area contributed by atoms with Crippen LogP contribution in [0.15, 0.2) is 57.9 Å². The maximum atomic E-state index is 12.6. The van der Waals surface area contributed by atoms with E-state index in [1.54, 1.807) is 11.9 Å². The van der Waals surface area contributed by atoms with Crippen LogP contribution in [0.5, 0.6) is 0 Å². The first-order valence-electron chi connectivity index (χ1n) is 7.92. The molecule has 140 valence electrons. The molecule has 1 amide bonds. The number of amides is 1. The Kier molecular flexibility index (Phi) is 7.33. The summed E-state index contributed by atoms with van der Waals surface area (Å²) in [6.45, 7) is 0.919. The van der Waals surface area contributed by atoms with Crippen molar-refractivity contribution >= 4 is 31.9 Å². The number of methoxy groups -OCH3 is 1. The molecular formula is C18H21BrN2O4S. The lowest BCUT2D eigenvalue weighted by Crippen LogP contribution is -2.28. The molecule has 0 aliphatic carbocycles. The van der Waals surface area contributed by atoms with Gasteiger partial charge in [0.1, 0.15) is 0 Å². The fourth-order valence-electron chi connectivity index (χ4n) is 2.31. The number of halogens is 1. The van der Waals surface area contributed by atoms with Gasteiger partial charge in [-0.05, 0) is 35.9 Å². The zero-order valence-corrected chi connectivity index (χ0v) is 17.0. The highest BCUT2D eigenvalue weighted by molar-refractivity contribution is 9.10. The van der Waals surface area contributed by atoms with Crippen LogP contribution in [0, 0.1) is 0 Å². The number of ether oxygens (including phenoxy) is 1. The van der Waals surface area contributed by atoms with Crippen LogP contribution in [0.1, 0.15) is 15.9 Å². The lowest BCUT2D eigenvalue weighted by molar-refractivity contribution is 0.0784. The molecule has 0 aliphatic rings. The van der Waals surface area contributed by atoms with E-state index in [9.17, 15) is 13.2 Å². The zero-order chi connectivity index (χ0) is 19.2. The van der Waals surface area contributed by atoms with Gasteiger partial charge < -0.3 is 9.64 Å². The molecule has 2 rings (SSSR count). The maximum absolute atomic E-state index is 12.6. The first-order chi connectivity index (χ1) is 12.3. The van der Waals surface area contributed by atoms with Crippen LogP contribution in [-0.2, 0) is 21.3 Å². The Labute approximate surface area is 162 Å². The third kappa shape index (κ3) is 5.38. The van der Waals surface area contributed by atoms with Gasteiger partial charge in [0.25, 0.3) is 5.91 Å². The molecule has 0 unspecified atom stereocenters. The molecule has 6 nitrogen and oxygen atoms in total. The smallest absolute Gasteiger partial charge is 0.253 e. The van der Waals surface area contributed by atoms with Crippen LogP contribution in [0.3, 0.4) is 0 Å². The molecule has 0 fully saturated rings. The highest BCUT2D eigenvalue weighted by atomic mass is 79.9. The van der Waals surface area contributed by atoms with Crippen molar-refractivity contribution in [3.8, 4) is 0 Å². The van der Waals surface area contributed by atoms with Crippen molar-refractivity contribution in [1.82, 2.24) is 9.62 Å². The molecule has 0 saturated carbocycles. The Bertz CT molecular complexity index is 854. The van der Waals surface area contributed by atoms with Gasteiger partial charge in [-0.15, -0.1) is 0 Å². The van der Waals surface area contributed by atoms with Gasteiger partial charge in [0.05, 0.1) is 11.5 Å². The summed E-state index contributed by atoms with van der Waals surface area (Å²) in [6.07, 6.45) is 0. The quantitative estimate of drug-likeness (QED) is 0.640. The van der Waals surface area contributed by atoms with E-state index in [0.29, 0.717) is 12.1 Å². The standard InChI is InChI=1S/C18H21BrN2O4S/c1-21(13-15-5-3-4-6-17(15)19)18(22)14-7-9-16(10-8-14)26(23,24)20-11-12-25-2/h3-10,20H,11-13H2,1-2H3. The normalized spacial score (nSPS) is 11.3. The summed E-state index contributed by atoms with van der Waals surface area (Å²) in [5.74, 6) is -0.183. The molecule has 0 saturated heterocycles. The van der Waals surface area contributed by atoms with E-state index >= 15 is 0 Å². The van der Waals surface area contributed by atoms with Gasteiger partial charge >= 0.3 is 0 Å². The number of nitrogens with one attached hydrogen (secondary N) is 1. The Morgan fingerprint density at radius 3 is 2.42 bits per heavy atom. The van der Waals surface area contributed by atoms with Gasteiger partial charge in [0.2, 0.25) is 10.0 Å². The lowest BCUT2D eigenvalue weighted by atomic mass is 10.1. The van der Waals surface area contributed by atoms with Gasteiger partial charge in [-0.3, -0.25) is 4.79 Å². The fourth-order valence-corrected chi connectivity index (χ4v) is 3.74. The van der Waals surface area contributed by atoms with Crippen molar-refractivity contribution in [2.75, 3.05) is 27.3 Å². The number of hydrogen-bond donors (Lipinski definition) is 1. The van der Waals surface area contributed by atoms with Gasteiger partial charge in [-0.2, -0.15) is 0 Å². The molecule has 8 heteroatoms. The fraction of sp³-hybridized carbons (Fsp3) is 0.278. The van der Waals surface area contributed by atoms with E-state index in [-0.39, 0.29) is 24.0 Å². The predicted octanol–water partition coefficient (Wildman–Crippen LogP) is 2.65. The monoisotopic (exact) mass is 440 g/mol. The lowest BCUT2D eigenvalue weighted by Gasteiger charge is -2.18. The van der Waals surface area contributed by atoms with Crippen LogP contribution in [0.2, 0.25) is 0 Å². The Morgan fingerprint density at radius 1 is 1.15 bits per heavy atom. The number of hydrogen-bond acceptors (Lipinski definition) is 4. The summed E-state index contributed by atoms with van der Waals surface area (Å²) in [4.78, 5) is 14.3. The number of carbonyl (C=O) groups excluding carboxylic acids is 1. The third-order valence-electron chi connectivity index (χ3n) is 3.72. The zero-order valence-electron chi connectivity index (χ0n) is 14.6. The minimum absolute atomic E-state index is 0.110. The Balaban J connectivity index is 2.07. The highest BCUT2D eigenvalue weighted by Crippen LogP contribution is 2.19. The first-order valence-corrected chi connectivity index (χ1v) is 10.2. The van der Waals surface area contributed by atoms with E-state index in [2.05, 4.69) is 20.7 Å². The number of benzene rings is 2. The molecule has 0 aromatic heterocycles. The summed E-state index contributed by atoms with van der Waals surface area (Å²) in [7, 11) is -0.404. The number of rotatable bonds is 8. The minimum Gasteiger partial charge on any atom is -0.383 e. The van der Waals surface area contributed by atoms with Crippen LogP contribution in [0.4, 0.5) is 0 Å². The number of sulfonamides is 1. The van der Waals surface area contributed by atoms with Crippen LogP contribution in [0.25, 0.3) is 0 Å². The van der Waals surface area contributed by atoms with E-state index in [4.69, 9.17) is 4.74 Å².